The summed E-state index contributed by atoms with van der Waals surface area (Å²) in [5.74, 6) is 3.09. The lowest BCUT2D eigenvalue weighted by atomic mass is 10.1. The van der Waals surface area contributed by atoms with Gasteiger partial charge in [0.15, 0.2) is 17.5 Å². The predicted octanol–water partition coefficient (Wildman–Crippen LogP) is 3.34. The first-order valence-electron chi connectivity index (χ1n) is 10.6. The lowest BCUT2D eigenvalue weighted by molar-refractivity contribution is 0.145. The second-order valence-electron chi connectivity index (χ2n) is 7.01. The number of rotatable bonds is 12. The van der Waals surface area contributed by atoms with E-state index in [4.69, 9.17) is 23.9 Å². The number of aliphatic imine (C=N–C) groups is 1. The Kier molecular flexibility index (Phi) is 10.5. The van der Waals surface area contributed by atoms with E-state index in [9.17, 15) is 0 Å². The van der Waals surface area contributed by atoms with Crippen LogP contribution in [-0.4, -0.2) is 53.6 Å². The molecule has 7 nitrogen and oxygen atoms in total. The van der Waals surface area contributed by atoms with Crippen LogP contribution in [0, 0.1) is 6.92 Å². The molecule has 0 heterocycles. The molecule has 0 aliphatic heterocycles. The summed E-state index contributed by atoms with van der Waals surface area (Å²) in [7, 11) is 4.95. The molecule has 0 radical (unpaired) electrons. The topological polar surface area (TPSA) is 73.3 Å². The zero-order valence-corrected chi connectivity index (χ0v) is 19.3. The van der Waals surface area contributed by atoms with Crippen molar-refractivity contribution in [1.82, 2.24) is 10.6 Å². The highest BCUT2D eigenvalue weighted by Crippen LogP contribution is 2.27. The molecule has 0 aliphatic carbocycles. The summed E-state index contributed by atoms with van der Waals surface area (Å²) >= 11 is 0. The fourth-order valence-electron chi connectivity index (χ4n) is 3.03. The molecule has 0 unspecified atom stereocenters. The maximum Gasteiger partial charge on any atom is 0.191 e. The first-order chi connectivity index (χ1) is 15.1. The van der Waals surface area contributed by atoms with Gasteiger partial charge in [0.1, 0.15) is 12.4 Å². The summed E-state index contributed by atoms with van der Waals surface area (Å²) in [6.45, 7) is 7.22. The fourth-order valence-corrected chi connectivity index (χ4v) is 3.03. The van der Waals surface area contributed by atoms with Gasteiger partial charge in [0.05, 0.1) is 27.4 Å². The molecule has 31 heavy (non-hydrogen) atoms. The highest BCUT2D eigenvalue weighted by atomic mass is 16.5. The van der Waals surface area contributed by atoms with E-state index in [0.29, 0.717) is 19.8 Å². The first-order valence-corrected chi connectivity index (χ1v) is 10.6. The highest BCUT2D eigenvalue weighted by molar-refractivity contribution is 5.79. The van der Waals surface area contributed by atoms with Crippen LogP contribution in [0.5, 0.6) is 17.2 Å². The van der Waals surface area contributed by atoms with Crippen molar-refractivity contribution in [2.75, 3.05) is 47.6 Å². The summed E-state index contributed by atoms with van der Waals surface area (Å²) in [4.78, 5) is 4.73. The van der Waals surface area contributed by atoms with Crippen molar-refractivity contribution in [1.29, 1.82) is 0 Å². The molecule has 2 rings (SSSR count). The molecule has 0 aromatic heterocycles. The Labute approximate surface area is 185 Å². The molecule has 170 valence electrons. The van der Waals surface area contributed by atoms with E-state index in [0.717, 1.165) is 59.4 Å². The minimum Gasteiger partial charge on any atom is -0.493 e. The molecule has 0 saturated heterocycles. The van der Waals surface area contributed by atoms with E-state index in [1.807, 2.05) is 24.3 Å². The number of nitrogens with zero attached hydrogens (tertiary/aromatic N) is 1. The lowest BCUT2D eigenvalue weighted by Crippen LogP contribution is -2.38. The smallest absolute Gasteiger partial charge is 0.191 e. The van der Waals surface area contributed by atoms with E-state index in [2.05, 4.69) is 36.6 Å². The maximum absolute atomic E-state index is 5.87. The normalized spacial score (nSPS) is 11.2. The second kappa shape index (κ2) is 13.4. The molecule has 0 amide bonds. The maximum atomic E-state index is 5.87. The van der Waals surface area contributed by atoms with Crippen LogP contribution in [0.25, 0.3) is 0 Å². The largest absolute Gasteiger partial charge is 0.493 e. The van der Waals surface area contributed by atoms with Crippen LogP contribution >= 0.6 is 0 Å². The van der Waals surface area contributed by atoms with Gasteiger partial charge in [0.25, 0.3) is 0 Å². The molecule has 2 aromatic rings. The van der Waals surface area contributed by atoms with Crippen molar-refractivity contribution < 1.29 is 18.9 Å². The fraction of sp³-hybridized carbons (Fsp3) is 0.458. The van der Waals surface area contributed by atoms with Crippen LogP contribution in [0.1, 0.15) is 23.6 Å². The predicted molar refractivity (Wildman–Crippen MR) is 125 cm³/mol. The van der Waals surface area contributed by atoms with Crippen molar-refractivity contribution >= 4 is 5.96 Å². The molecule has 2 aromatic carbocycles. The van der Waals surface area contributed by atoms with Crippen LogP contribution in [0.15, 0.2) is 41.4 Å². The minimum absolute atomic E-state index is 0.514. The Morgan fingerprint density at radius 1 is 0.903 bits per heavy atom. The Morgan fingerprint density at radius 3 is 2.42 bits per heavy atom. The lowest BCUT2D eigenvalue weighted by Gasteiger charge is -2.14. The minimum atomic E-state index is 0.514. The number of ether oxygens (including phenoxy) is 4. The summed E-state index contributed by atoms with van der Waals surface area (Å²) < 4.78 is 21.6. The second-order valence-corrected chi connectivity index (χ2v) is 7.01. The monoisotopic (exact) mass is 429 g/mol. The number of nitrogens with one attached hydrogen (secondary N) is 2. The standard InChI is InChI=1S/C24H35N3O4/c1-6-25-24(26-12-11-19-8-10-21(29-4)23(16-19)30-5)27-17-20-9-7-18(2)15-22(20)31-14-13-28-3/h7-10,15-16H,6,11-14,17H2,1-5H3,(H2,25,26,27). The average molecular weight is 430 g/mol. The Hall–Kier alpha value is -2.93. The molecular weight excluding hydrogens is 394 g/mol. The van der Waals surface area contributed by atoms with Crippen LogP contribution in [0.3, 0.4) is 0 Å². The van der Waals surface area contributed by atoms with Gasteiger partial charge in [-0.1, -0.05) is 18.2 Å². The average Bonchev–Trinajstić information content (AvgIpc) is 2.78. The zero-order chi connectivity index (χ0) is 22.5. The van der Waals surface area contributed by atoms with Gasteiger partial charge in [-0.25, -0.2) is 4.99 Å². The third kappa shape index (κ3) is 8.02. The number of methoxy groups -OCH3 is 3. The van der Waals surface area contributed by atoms with Gasteiger partial charge in [-0.15, -0.1) is 0 Å². The van der Waals surface area contributed by atoms with Gasteiger partial charge in [-0.05, 0) is 49.6 Å². The number of guanidine groups is 1. The van der Waals surface area contributed by atoms with Gasteiger partial charge in [-0.3, -0.25) is 0 Å². The molecule has 2 N–H and O–H groups in total. The van der Waals surface area contributed by atoms with Gasteiger partial charge in [0.2, 0.25) is 0 Å². The Morgan fingerprint density at radius 2 is 1.71 bits per heavy atom. The van der Waals surface area contributed by atoms with Crippen LogP contribution in [0.2, 0.25) is 0 Å². The van der Waals surface area contributed by atoms with Gasteiger partial charge < -0.3 is 29.6 Å². The third-order valence-corrected chi connectivity index (χ3v) is 4.67. The van der Waals surface area contributed by atoms with E-state index in [1.165, 1.54) is 0 Å². The third-order valence-electron chi connectivity index (χ3n) is 4.67. The van der Waals surface area contributed by atoms with Crippen molar-refractivity contribution in [3.8, 4) is 17.2 Å². The van der Waals surface area contributed by atoms with E-state index >= 15 is 0 Å². The molecular formula is C24H35N3O4. The number of hydrogen-bond acceptors (Lipinski definition) is 5. The molecule has 0 bridgehead atoms. The Bertz CT molecular complexity index is 840. The number of benzene rings is 2. The number of hydrogen-bond donors (Lipinski definition) is 2. The molecule has 0 atom stereocenters. The summed E-state index contributed by atoms with van der Waals surface area (Å²) in [6, 6.07) is 12.1. The molecule has 0 saturated carbocycles. The van der Waals surface area contributed by atoms with Crippen molar-refractivity contribution in [3.63, 3.8) is 0 Å². The molecule has 0 fully saturated rings. The van der Waals surface area contributed by atoms with Crippen LogP contribution in [-0.2, 0) is 17.7 Å². The van der Waals surface area contributed by atoms with Gasteiger partial charge in [0, 0.05) is 25.8 Å². The van der Waals surface area contributed by atoms with E-state index < -0.39 is 0 Å². The molecule has 0 spiro atoms. The van der Waals surface area contributed by atoms with Gasteiger partial charge >= 0.3 is 0 Å². The summed E-state index contributed by atoms with van der Waals surface area (Å²) in [5, 5.41) is 6.69. The summed E-state index contributed by atoms with van der Waals surface area (Å²) in [5.41, 5.74) is 3.35. The van der Waals surface area contributed by atoms with Crippen LogP contribution in [0.4, 0.5) is 0 Å². The van der Waals surface area contributed by atoms with Crippen molar-refractivity contribution in [2.24, 2.45) is 4.99 Å². The number of aryl methyl sites for hydroxylation is 1. The quantitative estimate of drug-likeness (QED) is 0.306. The highest BCUT2D eigenvalue weighted by Gasteiger charge is 2.07. The van der Waals surface area contributed by atoms with E-state index in [1.54, 1.807) is 21.3 Å². The van der Waals surface area contributed by atoms with Crippen molar-refractivity contribution in [3.05, 3.63) is 53.1 Å². The molecule has 0 aliphatic rings. The van der Waals surface area contributed by atoms with E-state index in [-0.39, 0.29) is 0 Å². The summed E-state index contributed by atoms with van der Waals surface area (Å²) in [6.07, 6.45) is 0.834. The Balaban J connectivity index is 1.99. The van der Waals surface area contributed by atoms with Gasteiger partial charge in [-0.2, -0.15) is 0 Å². The van der Waals surface area contributed by atoms with Crippen molar-refractivity contribution in [2.45, 2.75) is 26.8 Å². The van der Waals surface area contributed by atoms with Crippen LogP contribution < -0.4 is 24.8 Å². The zero-order valence-electron chi connectivity index (χ0n) is 19.3. The SMILES string of the molecule is CCNC(=NCc1ccc(C)cc1OCCOC)NCCc1ccc(OC)c(OC)c1. The molecule has 7 heteroatoms. The first kappa shape index (κ1) is 24.3.